The van der Waals surface area contributed by atoms with E-state index in [2.05, 4.69) is 15.5 Å². The molecule has 0 fully saturated rings. The standard InChI is InChI=1S/C11H14N4OS2/c1-3-12-10(16)7(2)15-9(13-14-11(15)17)8-5-4-6-18-8/h4-7H,3H2,1-2H3,(H,12,16)(H,14,17)/t7-/m1/s1. The molecule has 96 valence electrons. The van der Waals surface area contributed by atoms with E-state index >= 15 is 0 Å². The second-order valence-electron chi connectivity index (χ2n) is 3.77. The molecule has 2 aromatic rings. The highest BCUT2D eigenvalue weighted by Gasteiger charge is 2.20. The first-order valence-corrected chi connectivity index (χ1v) is 6.92. The van der Waals surface area contributed by atoms with E-state index < -0.39 is 0 Å². The number of hydrogen-bond donors (Lipinski definition) is 2. The van der Waals surface area contributed by atoms with Crippen molar-refractivity contribution in [2.24, 2.45) is 0 Å². The molecule has 7 heteroatoms. The highest BCUT2D eigenvalue weighted by atomic mass is 32.1. The molecule has 0 aliphatic rings. The molecule has 0 saturated heterocycles. The lowest BCUT2D eigenvalue weighted by molar-refractivity contribution is -0.123. The number of nitrogens with zero attached hydrogens (tertiary/aromatic N) is 2. The number of carbonyl (C=O) groups excluding carboxylic acids is 1. The molecule has 1 amide bonds. The van der Waals surface area contributed by atoms with Crippen LogP contribution in [0.5, 0.6) is 0 Å². The molecule has 0 spiro atoms. The van der Waals surface area contributed by atoms with Gasteiger partial charge >= 0.3 is 0 Å². The molecule has 2 rings (SSSR count). The molecule has 2 aromatic heterocycles. The molecule has 18 heavy (non-hydrogen) atoms. The normalized spacial score (nSPS) is 12.3. The van der Waals surface area contributed by atoms with Gasteiger partial charge in [-0.1, -0.05) is 6.07 Å². The quantitative estimate of drug-likeness (QED) is 0.846. The molecule has 0 bridgehead atoms. The van der Waals surface area contributed by atoms with Crippen molar-refractivity contribution in [2.45, 2.75) is 19.9 Å². The zero-order chi connectivity index (χ0) is 13.1. The molecule has 5 nitrogen and oxygen atoms in total. The lowest BCUT2D eigenvalue weighted by atomic mass is 10.3. The summed E-state index contributed by atoms with van der Waals surface area (Å²) in [7, 11) is 0. The highest BCUT2D eigenvalue weighted by Crippen LogP contribution is 2.25. The maximum absolute atomic E-state index is 11.9. The molecule has 2 N–H and O–H groups in total. The van der Waals surface area contributed by atoms with Crippen LogP contribution in [0.1, 0.15) is 19.9 Å². The summed E-state index contributed by atoms with van der Waals surface area (Å²) in [5, 5.41) is 11.7. The summed E-state index contributed by atoms with van der Waals surface area (Å²) >= 11 is 6.76. The van der Waals surface area contributed by atoms with Crippen LogP contribution in [0.15, 0.2) is 17.5 Å². The van der Waals surface area contributed by atoms with Crippen molar-refractivity contribution >= 4 is 29.5 Å². The molecular weight excluding hydrogens is 268 g/mol. The van der Waals surface area contributed by atoms with E-state index in [1.165, 1.54) is 0 Å². The Bertz CT molecular complexity index is 584. The van der Waals surface area contributed by atoms with E-state index in [-0.39, 0.29) is 11.9 Å². The Labute approximate surface area is 114 Å². The van der Waals surface area contributed by atoms with Crippen molar-refractivity contribution in [2.75, 3.05) is 6.54 Å². The number of H-pyrrole nitrogens is 1. The van der Waals surface area contributed by atoms with Crippen LogP contribution in [0.25, 0.3) is 10.7 Å². The molecule has 0 unspecified atom stereocenters. The van der Waals surface area contributed by atoms with Gasteiger partial charge < -0.3 is 5.32 Å². The number of likely N-dealkylation sites (N-methyl/N-ethyl adjacent to an activating group) is 1. The first kappa shape index (κ1) is 13.0. The summed E-state index contributed by atoms with van der Waals surface area (Å²) in [6.07, 6.45) is 0. The third-order valence-electron chi connectivity index (χ3n) is 2.56. The van der Waals surface area contributed by atoms with Gasteiger partial charge in [0.25, 0.3) is 0 Å². The number of thiophene rings is 1. The molecule has 0 aliphatic carbocycles. The number of amides is 1. The Kier molecular flexibility index (Phi) is 3.93. The van der Waals surface area contributed by atoms with Gasteiger partial charge in [-0.05, 0) is 37.5 Å². The predicted molar refractivity (Wildman–Crippen MR) is 74.1 cm³/mol. The van der Waals surface area contributed by atoms with Gasteiger partial charge in [0.05, 0.1) is 4.88 Å². The van der Waals surface area contributed by atoms with Crippen molar-refractivity contribution < 1.29 is 4.79 Å². The zero-order valence-electron chi connectivity index (χ0n) is 10.1. The third-order valence-corrected chi connectivity index (χ3v) is 3.72. The molecule has 0 aromatic carbocycles. The van der Waals surface area contributed by atoms with Crippen LogP contribution in [0.3, 0.4) is 0 Å². The van der Waals surface area contributed by atoms with Crippen molar-refractivity contribution in [1.29, 1.82) is 0 Å². The van der Waals surface area contributed by atoms with E-state index in [0.29, 0.717) is 17.1 Å². The molecule has 0 radical (unpaired) electrons. The van der Waals surface area contributed by atoms with Gasteiger partial charge in [-0.25, -0.2) is 0 Å². The number of aromatic amines is 1. The smallest absolute Gasteiger partial charge is 0.242 e. The Morgan fingerprint density at radius 2 is 2.50 bits per heavy atom. The van der Waals surface area contributed by atoms with Crippen molar-refractivity contribution in [3.8, 4) is 10.7 Å². The topological polar surface area (TPSA) is 62.7 Å². The Hall–Kier alpha value is -1.47. The molecule has 1 atom stereocenters. The summed E-state index contributed by atoms with van der Waals surface area (Å²) in [6.45, 7) is 4.30. The number of aromatic nitrogens is 3. The monoisotopic (exact) mass is 282 g/mol. The van der Waals surface area contributed by atoms with Crippen LogP contribution in [0.4, 0.5) is 0 Å². The van der Waals surface area contributed by atoms with Gasteiger partial charge in [0, 0.05) is 6.54 Å². The molecule has 0 saturated carbocycles. The maximum atomic E-state index is 11.9. The number of hydrogen-bond acceptors (Lipinski definition) is 4. The predicted octanol–water partition coefficient (Wildman–Crippen LogP) is 2.37. The van der Waals surface area contributed by atoms with Gasteiger partial charge in [-0.2, -0.15) is 5.10 Å². The van der Waals surface area contributed by atoms with Crippen LogP contribution >= 0.6 is 23.6 Å². The molecular formula is C11H14N4OS2. The van der Waals surface area contributed by atoms with E-state index in [1.54, 1.807) is 15.9 Å². The first-order chi connectivity index (χ1) is 8.65. The maximum Gasteiger partial charge on any atom is 0.242 e. The summed E-state index contributed by atoms with van der Waals surface area (Å²) in [4.78, 5) is 12.9. The minimum atomic E-state index is -0.381. The molecule has 2 heterocycles. The van der Waals surface area contributed by atoms with E-state index in [4.69, 9.17) is 12.2 Å². The van der Waals surface area contributed by atoms with Crippen LogP contribution in [-0.4, -0.2) is 27.2 Å². The Morgan fingerprint density at radius 3 is 3.11 bits per heavy atom. The number of rotatable bonds is 4. The minimum absolute atomic E-state index is 0.0622. The number of nitrogens with one attached hydrogen (secondary N) is 2. The fourth-order valence-corrected chi connectivity index (χ4v) is 2.68. The van der Waals surface area contributed by atoms with Crippen LogP contribution < -0.4 is 5.32 Å². The summed E-state index contributed by atoms with van der Waals surface area (Å²) < 4.78 is 2.20. The lowest BCUT2D eigenvalue weighted by Crippen LogP contribution is -2.31. The Morgan fingerprint density at radius 1 is 1.72 bits per heavy atom. The molecule has 0 aliphatic heterocycles. The van der Waals surface area contributed by atoms with Crippen LogP contribution in [0, 0.1) is 4.77 Å². The SMILES string of the molecule is CCNC(=O)[C@@H](C)n1c(-c2cccs2)n[nH]c1=S. The van der Waals surface area contributed by atoms with E-state index in [0.717, 1.165) is 4.88 Å². The fourth-order valence-electron chi connectivity index (χ4n) is 1.68. The largest absolute Gasteiger partial charge is 0.355 e. The van der Waals surface area contributed by atoms with Gasteiger partial charge in [0.1, 0.15) is 6.04 Å². The third kappa shape index (κ3) is 2.37. The van der Waals surface area contributed by atoms with Gasteiger partial charge in [-0.3, -0.25) is 14.5 Å². The second kappa shape index (κ2) is 5.45. The second-order valence-corrected chi connectivity index (χ2v) is 5.10. The minimum Gasteiger partial charge on any atom is -0.355 e. The van der Waals surface area contributed by atoms with Crippen molar-refractivity contribution in [1.82, 2.24) is 20.1 Å². The van der Waals surface area contributed by atoms with Crippen molar-refractivity contribution in [3.63, 3.8) is 0 Å². The Balaban J connectivity index is 2.42. The lowest BCUT2D eigenvalue weighted by Gasteiger charge is -2.14. The fraction of sp³-hybridized carbons (Fsp3) is 0.364. The summed E-state index contributed by atoms with van der Waals surface area (Å²) in [6, 6.07) is 3.52. The van der Waals surface area contributed by atoms with Gasteiger partial charge in [0.15, 0.2) is 10.6 Å². The van der Waals surface area contributed by atoms with E-state index in [1.807, 2.05) is 31.4 Å². The number of carbonyl (C=O) groups is 1. The summed E-state index contributed by atoms with van der Waals surface area (Å²) in [5.74, 6) is 0.640. The first-order valence-electron chi connectivity index (χ1n) is 5.63. The van der Waals surface area contributed by atoms with Gasteiger partial charge in [-0.15, -0.1) is 11.3 Å². The van der Waals surface area contributed by atoms with Gasteiger partial charge in [0.2, 0.25) is 5.91 Å². The average molecular weight is 282 g/mol. The van der Waals surface area contributed by atoms with E-state index in [9.17, 15) is 4.79 Å². The van der Waals surface area contributed by atoms with Crippen molar-refractivity contribution in [3.05, 3.63) is 22.3 Å². The zero-order valence-corrected chi connectivity index (χ0v) is 11.8. The average Bonchev–Trinajstić information content (AvgIpc) is 2.97. The van der Waals surface area contributed by atoms with Crippen LogP contribution in [-0.2, 0) is 4.79 Å². The van der Waals surface area contributed by atoms with Crippen LogP contribution in [0.2, 0.25) is 0 Å². The summed E-state index contributed by atoms with van der Waals surface area (Å²) in [5.41, 5.74) is 0. The highest BCUT2D eigenvalue weighted by molar-refractivity contribution is 7.71.